The zero-order valence-electron chi connectivity index (χ0n) is 15.6. The van der Waals surface area contributed by atoms with Gasteiger partial charge in [0, 0.05) is 31.9 Å². The van der Waals surface area contributed by atoms with Crippen LogP contribution in [-0.2, 0) is 4.79 Å². The summed E-state index contributed by atoms with van der Waals surface area (Å²) in [6.45, 7) is 7.54. The number of hydrogen-bond donors (Lipinski definition) is 0. The minimum Gasteiger partial charge on any atom is -0.431 e. The number of nitrogens with zero attached hydrogens (tertiary/aromatic N) is 3. The fraction of sp³-hybridized carbons (Fsp3) is 0.333. The van der Waals surface area contributed by atoms with Crippen LogP contribution in [0.4, 0.5) is 5.69 Å². The van der Waals surface area contributed by atoms with E-state index in [1.807, 2.05) is 29.2 Å². The van der Waals surface area contributed by atoms with E-state index in [0.717, 1.165) is 37.3 Å². The summed E-state index contributed by atoms with van der Waals surface area (Å²) in [6.07, 6.45) is 0. The van der Waals surface area contributed by atoms with Gasteiger partial charge in [0.15, 0.2) is 5.58 Å². The molecule has 6 heteroatoms. The Morgan fingerprint density at radius 1 is 1.07 bits per heavy atom. The van der Waals surface area contributed by atoms with E-state index in [4.69, 9.17) is 4.42 Å². The third kappa shape index (κ3) is 3.81. The summed E-state index contributed by atoms with van der Waals surface area (Å²) in [5.74, 6) is 0.499. The number of rotatable bonds is 4. The second kappa shape index (κ2) is 7.64. The maximum atomic E-state index is 12.6. The fourth-order valence-corrected chi connectivity index (χ4v) is 4.14. The molecule has 1 fully saturated rings. The molecular weight excluding hydrogens is 358 g/mol. The number of aromatic nitrogens is 1. The molecule has 2 heterocycles. The van der Waals surface area contributed by atoms with Gasteiger partial charge in [0.2, 0.25) is 5.91 Å². The number of fused-ring (bicyclic) bond motifs is 1. The average molecular weight is 382 g/mol. The van der Waals surface area contributed by atoms with Gasteiger partial charge in [-0.2, -0.15) is 0 Å². The number of para-hydroxylation sites is 2. The molecule has 1 saturated heterocycles. The van der Waals surface area contributed by atoms with Crippen LogP contribution in [0.25, 0.3) is 11.1 Å². The second-order valence-electron chi connectivity index (χ2n) is 6.82. The Bertz CT molecular complexity index is 928. The molecular formula is C21H23N3O2S. The van der Waals surface area contributed by atoms with Crippen molar-refractivity contribution < 1.29 is 9.21 Å². The molecule has 0 N–H and O–H groups in total. The number of thioether (sulfide) groups is 1. The van der Waals surface area contributed by atoms with Crippen LogP contribution in [0.5, 0.6) is 0 Å². The van der Waals surface area contributed by atoms with E-state index in [0.29, 0.717) is 11.0 Å². The molecule has 0 spiro atoms. The molecule has 2 aromatic carbocycles. The van der Waals surface area contributed by atoms with Gasteiger partial charge >= 0.3 is 0 Å². The Morgan fingerprint density at radius 2 is 1.85 bits per heavy atom. The van der Waals surface area contributed by atoms with Crippen LogP contribution >= 0.6 is 11.8 Å². The molecule has 0 atom stereocenters. The van der Waals surface area contributed by atoms with Crippen molar-refractivity contribution >= 4 is 34.5 Å². The molecule has 140 valence electrons. The third-order valence-electron chi connectivity index (χ3n) is 5.14. The lowest BCUT2D eigenvalue weighted by Gasteiger charge is -2.37. The molecule has 0 unspecified atom stereocenters. The van der Waals surface area contributed by atoms with E-state index in [-0.39, 0.29) is 5.91 Å². The molecule has 1 aliphatic rings. The van der Waals surface area contributed by atoms with Gasteiger partial charge in [-0.3, -0.25) is 4.79 Å². The van der Waals surface area contributed by atoms with Crippen molar-refractivity contribution in [2.45, 2.75) is 19.1 Å². The van der Waals surface area contributed by atoms with Crippen molar-refractivity contribution in [1.82, 2.24) is 9.88 Å². The quantitative estimate of drug-likeness (QED) is 0.642. The molecule has 1 aliphatic heterocycles. The SMILES string of the molecule is Cc1cccc(N2CCN(C(=O)CSc3nc4ccccc4o3)CC2)c1C. The van der Waals surface area contributed by atoms with Crippen molar-refractivity contribution in [1.29, 1.82) is 0 Å². The van der Waals surface area contributed by atoms with Crippen LogP contribution in [-0.4, -0.2) is 47.7 Å². The van der Waals surface area contributed by atoms with Crippen molar-refractivity contribution in [3.05, 3.63) is 53.6 Å². The first kappa shape index (κ1) is 17.9. The van der Waals surface area contributed by atoms with Gasteiger partial charge in [-0.05, 0) is 43.2 Å². The van der Waals surface area contributed by atoms with Crippen molar-refractivity contribution in [2.75, 3.05) is 36.8 Å². The zero-order valence-corrected chi connectivity index (χ0v) is 16.5. The molecule has 0 aliphatic carbocycles. The highest BCUT2D eigenvalue weighted by Crippen LogP contribution is 2.25. The van der Waals surface area contributed by atoms with Gasteiger partial charge in [0.25, 0.3) is 5.22 Å². The van der Waals surface area contributed by atoms with Crippen LogP contribution in [0.1, 0.15) is 11.1 Å². The molecule has 0 radical (unpaired) electrons. The molecule has 5 nitrogen and oxygen atoms in total. The predicted octanol–water partition coefficient (Wildman–Crippen LogP) is 3.89. The number of hydrogen-bond acceptors (Lipinski definition) is 5. The first-order valence-electron chi connectivity index (χ1n) is 9.19. The Morgan fingerprint density at radius 3 is 2.63 bits per heavy atom. The maximum Gasteiger partial charge on any atom is 0.257 e. The summed E-state index contributed by atoms with van der Waals surface area (Å²) in [6, 6.07) is 14.1. The summed E-state index contributed by atoms with van der Waals surface area (Å²) in [5, 5.41) is 0.554. The largest absolute Gasteiger partial charge is 0.431 e. The number of anilines is 1. The standard InChI is InChI=1S/C21H23N3O2S/c1-15-6-5-8-18(16(15)2)23-10-12-24(13-11-23)20(25)14-27-21-22-17-7-3-4-9-19(17)26-21/h3-9H,10-14H2,1-2H3. The molecule has 0 saturated carbocycles. The minimum absolute atomic E-state index is 0.142. The van der Waals surface area contributed by atoms with E-state index in [1.165, 1.54) is 28.6 Å². The maximum absolute atomic E-state index is 12.6. The summed E-state index contributed by atoms with van der Waals surface area (Å²) in [5.41, 5.74) is 5.50. The number of oxazole rings is 1. The number of piperazine rings is 1. The van der Waals surface area contributed by atoms with Crippen molar-refractivity contribution in [3.8, 4) is 0 Å². The minimum atomic E-state index is 0.142. The van der Waals surface area contributed by atoms with Gasteiger partial charge in [-0.25, -0.2) is 4.98 Å². The van der Waals surface area contributed by atoms with Crippen LogP contribution in [0.15, 0.2) is 52.1 Å². The monoisotopic (exact) mass is 381 g/mol. The Kier molecular flexibility index (Phi) is 5.07. The lowest BCUT2D eigenvalue weighted by molar-refractivity contribution is -0.128. The Balaban J connectivity index is 1.32. The van der Waals surface area contributed by atoms with Gasteiger partial charge in [0.05, 0.1) is 5.75 Å². The fourth-order valence-electron chi connectivity index (χ4n) is 3.40. The molecule has 1 amide bonds. The van der Waals surface area contributed by atoms with Gasteiger partial charge in [0.1, 0.15) is 5.52 Å². The van der Waals surface area contributed by atoms with E-state index in [9.17, 15) is 4.79 Å². The lowest BCUT2D eigenvalue weighted by atomic mass is 10.1. The van der Waals surface area contributed by atoms with Crippen LogP contribution in [0.2, 0.25) is 0 Å². The highest BCUT2D eigenvalue weighted by atomic mass is 32.2. The average Bonchev–Trinajstić information content (AvgIpc) is 3.11. The van der Waals surface area contributed by atoms with Gasteiger partial charge < -0.3 is 14.2 Å². The molecule has 27 heavy (non-hydrogen) atoms. The topological polar surface area (TPSA) is 49.6 Å². The third-order valence-corrected chi connectivity index (χ3v) is 5.96. The van der Waals surface area contributed by atoms with Gasteiger partial charge in [-0.1, -0.05) is 36.0 Å². The second-order valence-corrected chi connectivity index (χ2v) is 7.75. The highest BCUT2D eigenvalue weighted by molar-refractivity contribution is 7.99. The molecule has 1 aromatic heterocycles. The normalized spacial score (nSPS) is 14.7. The van der Waals surface area contributed by atoms with Crippen molar-refractivity contribution in [3.63, 3.8) is 0 Å². The van der Waals surface area contributed by atoms with E-state index in [2.05, 4.69) is 41.9 Å². The first-order valence-corrected chi connectivity index (χ1v) is 10.2. The number of aryl methyl sites for hydroxylation is 1. The van der Waals surface area contributed by atoms with E-state index < -0.39 is 0 Å². The number of amides is 1. The molecule has 4 rings (SSSR count). The number of benzene rings is 2. The lowest BCUT2D eigenvalue weighted by Crippen LogP contribution is -2.49. The summed E-state index contributed by atoms with van der Waals surface area (Å²) < 4.78 is 5.68. The number of carbonyl (C=O) groups excluding carboxylic acids is 1. The van der Waals surface area contributed by atoms with Crippen LogP contribution in [0, 0.1) is 13.8 Å². The van der Waals surface area contributed by atoms with Crippen LogP contribution in [0.3, 0.4) is 0 Å². The summed E-state index contributed by atoms with van der Waals surface area (Å²) in [4.78, 5) is 21.3. The van der Waals surface area contributed by atoms with Gasteiger partial charge in [-0.15, -0.1) is 0 Å². The molecule has 0 bridgehead atoms. The summed E-state index contributed by atoms with van der Waals surface area (Å²) >= 11 is 1.37. The smallest absolute Gasteiger partial charge is 0.257 e. The Hall–Kier alpha value is -2.47. The molecule has 3 aromatic rings. The predicted molar refractivity (Wildman–Crippen MR) is 109 cm³/mol. The zero-order chi connectivity index (χ0) is 18.8. The number of carbonyl (C=O) groups is 1. The van der Waals surface area contributed by atoms with Crippen molar-refractivity contribution in [2.24, 2.45) is 0 Å². The van der Waals surface area contributed by atoms with Crippen LogP contribution < -0.4 is 4.90 Å². The van der Waals surface area contributed by atoms with E-state index in [1.54, 1.807) is 0 Å². The summed E-state index contributed by atoms with van der Waals surface area (Å²) in [7, 11) is 0. The first-order chi connectivity index (χ1) is 13.1. The Labute approximate surface area is 163 Å². The van der Waals surface area contributed by atoms with E-state index >= 15 is 0 Å². The highest BCUT2D eigenvalue weighted by Gasteiger charge is 2.22.